The highest BCUT2D eigenvalue weighted by molar-refractivity contribution is 5.99. The SMILES string of the molecule is C[C@H]1Oc2cc(C#N)cnc2N(C)C(=O)[C@H]1NC(=O)OC(C)(C)C. The van der Waals surface area contributed by atoms with Crippen LogP contribution in [0.3, 0.4) is 0 Å². The number of alkyl carbamates (subject to hydrolysis) is 1. The molecule has 0 fully saturated rings. The molecule has 1 aromatic rings. The highest BCUT2D eigenvalue weighted by Crippen LogP contribution is 2.31. The third-order valence-corrected chi connectivity index (χ3v) is 3.33. The summed E-state index contributed by atoms with van der Waals surface area (Å²) in [6.45, 7) is 6.85. The Kier molecular flexibility index (Phi) is 4.64. The van der Waals surface area contributed by atoms with Crippen LogP contribution in [0.5, 0.6) is 5.75 Å². The second-order valence-corrected chi connectivity index (χ2v) is 6.50. The van der Waals surface area contributed by atoms with Gasteiger partial charge in [0.25, 0.3) is 5.91 Å². The number of carbonyl (C=O) groups excluding carboxylic acids is 2. The molecule has 2 atom stereocenters. The third kappa shape index (κ3) is 3.74. The number of likely N-dealkylation sites (N-methyl/N-ethyl adjacent to an activating group) is 1. The van der Waals surface area contributed by atoms with Crippen molar-refractivity contribution < 1.29 is 19.1 Å². The van der Waals surface area contributed by atoms with Gasteiger partial charge in [-0.2, -0.15) is 5.26 Å². The number of nitrogens with zero attached hydrogens (tertiary/aromatic N) is 3. The molecule has 0 aliphatic carbocycles. The van der Waals surface area contributed by atoms with Gasteiger partial charge in [0.2, 0.25) is 0 Å². The van der Waals surface area contributed by atoms with Gasteiger partial charge in [-0.3, -0.25) is 9.69 Å². The number of nitriles is 1. The molecule has 0 aromatic carbocycles. The maximum atomic E-state index is 12.6. The highest BCUT2D eigenvalue weighted by atomic mass is 16.6. The van der Waals surface area contributed by atoms with Gasteiger partial charge in [0, 0.05) is 19.3 Å². The number of fused-ring (bicyclic) bond motifs is 1. The van der Waals surface area contributed by atoms with E-state index in [1.165, 1.54) is 24.2 Å². The molecule has 1 N–H and O–H groups in total. The van der Waals surface area contributed by atoms with Gasteiger partial charge in [-0.15, -0.1) is 0 Å². The number of nitrogens with one attached hydrogen (secondary N) is 1. The van der Waals surface area contributed by atoms with Crippen molar-refractivity contribution in [1.29, 1.82) is 5.26 Å². The van der Waals surface area contributed by atoms with Gasteiger partial charge in [-0.1, -0.05) is 0 Å². The molecule has 0 spiro atoms. The fourth-order valence-electron chi connectivity index (χ4n) is 2.23. The number of rotatable bonds is 1. The van der Waals surface area contributed by atoms with Gasteiger partial charge in [0.05, 0.1) is 5.56 Å². The number of carbonyl (C=O) groups is 2. The Bertz CT molecular complexity index is 705. The molecule has 2 heterocycles. The smallest absolute Gasteiger partial charge is 0.408 e. The normalized spacial score (nSPS) is 20.3. The molecule has 128 valence electrons. The molecule has 0 saturated heterocycles. The summed E-state index contributed by atoms with van der Waals surface area (Å²) >= 11 is 0. The van der Waals surface area contributed by atoms with Crippen LogP contribution in [0.25, 0.3) is 0 Å². The van der Waals surface area contributed by atoms with Gasteiger partial charge in [-0.05, 0) is 27.7 Å². The summed E-state index contributed by atoms with van der Waals surface area (Å²) in [5.74, 6) is 0.217. The lowest BCUT2D eigenvalue weighted by atomic mass is 10.1. The topological polar surface area (TPSA) is 105 Å². The maximum Gasteiger partial charge on any atom is 0.408 e. The Morgan fingerprint density at radius 3 is 2.75 bits per heavy atom. The molecule has 8 nitrogen and oxygen atoms in total. The first-order chi connectivity index (χ1) is 11.1. The molecule has 8 heteroatoms. The van der Waals surface area contributed by atoms with E-state index in [9.17, 15) is 9.59 Å². The van der Waals surface area contributed by atoms with Crippen molar-refractivity contribution in [3.63, 3.8) is 0 Å². The van der Waals surface area contributed by atoms with E-state index in [0.29, 0.717) is 17.1 Å². The zero-order valence-corrected chi connectivity index (χ0v) is 14.3. The van der Waals surface area contributed by atoms with E-state index in [2.05, 4.69) is 10.3 Å². The van der Waals surface area contributed by atoms with Crippen LogP contribution in [0.4, 0.5) is 10.6 Å². The first-order valence-electron chi connectivity index (χ1n) is 7.46. The Labute approximate surface area is 140 Å². The van der Waals surface area contributed by atoms with E-state index >= 15 is 0 Å². The van der Waals surface area contributed by atoms with Crippen LogP contribution < -0.4 is 15.0 Å². The van der Waals surface area contributed by atoms with Crippen LogP contribution in [0.15, 0.2) is 12.3 Å². The largest absolute Gasteiger partial charge is 0.484 e. The van der Waals surface area contributed by atoms with Crippen molar-refractivity contribution in [1.82, 2.24) is 10.3 Å². The number of pyridine rings is 1. The molecule has 2 rings (SSSR count). The Hall–Kier alpha value is -2.82. The van der Waals surface area contributed by atoms with Crippen LogP contribution in [0.1, 0.15) is 33.3 Å². The summed E-state index contributed by atoms with van der Waals surface area (Å²) in [4.78, 5) is 30.0. The average molecular weight is 332 g/mol. The van der Waals surface area contributed by atoms with E-state index in [4.69, 9.17) is 14.7 Å². The molecule has 2 amide bonds. The van der Waals surface area contributed by atoms with Crippen molar-refractivity contribution in [3.05, 3.63) is 17.8 Å². The second kappa shape index (κ2) is 6.35. The van der Waals surface area contributed by atoms with Crippen LogP contribution in [-0.4, -0.2) is 41.8 Å². The monoisotopic (exact) mass is 332 g/mol. The lowest BCUT2D eigenvalue weighted by molar-refractivity contribution is -0.121. The predicted molar refractivity (Wildman–Crippen MR) is 85.6 cm³/mol. The van der Waals surface area contributed by atoms with E-state index in [1.807, 2.05) is 6.07 Å². The first kappa shape index (κ1) is 17.5. The van der Waals surface area contributed by atoms with Gasteiger partial charge >= 0.3 is 6.09 Å². The van der Waals surface area contributed by atoms with Gasteiger partial charge in [0.15, 0.2) is 11.6 Å². The quantitative estimate of drug-likeness (QED) is 0.837. The van der Waals surface area contributed by atoms with E-state index in [0.717, 1.165) is 0 Å². The fraction of sp³-hybridized carbons (Fsp3) is 0.500. The zero-order valence-electron chi connectivity index (χ0n) is 14.3. The molecule has 1 aliphatic rings. The van der Waals surface area contributed by atoms with Crippen molar-refractivity contribution >= 4 is 17.8 Å². The molecular formula is C16H20N4O4. The molecule has 1 aliphatic heterocycles. The van der Waals surface area contributed by atoms with Gasteiger partial charge in [-0.25, -0.2) is 9.78 Å². The van der Waals surface area contributed by atoms with Gasteiger partial charge < -0.3 is 14.8 Å². The van der Waals surface area contributed by atoms with Crippen LogP contribution >= 0.6 is 0 Å². The molecule has 1 aromatic heterocycles. The van der Waals surface area contributed by atoms with E-state index in [1.54, 1.807) is 27.7 Å². The molecule has 0 saturated carbocycles. The predicted octanol–water partition coefficient (Wildman–Crippen LogP) is 1.59. The number of ether oxygens (including phenoxy) is 2. The lowest BCUT2D eigenvalue weighted by Gasteiger charge is -2.26. The lowest BCUT2D eigenvalue weighted by Crippen LogP contribution is -2.54. The minimum Gasteiger partial charge on any atom is -0.484 e. The second-order valence-electron chi connectivity index (χ2n) is 6.50. The van der Waals surface area contributed by atoms with Crippen molar-refractivity contribution in [2.75, 3.05) is 11.9 Å². The number of aromatic nitrogens is 1. The van der Waals surface area contributed by atoms with Crippen LogP contribution in [-0.2, 0) is 9.53 Å². The first-order valence-corrected chi connectivity index (χ1v) is 7.46. The summed E-state index contributed by atoms with van der Waals surface area (Å²) in [6, 6.07) is 2.54. The van der Waals surface area contributed by atoms with E-state index < -0.39 is 23.8 Å². The number of amides is 2. The third-order valence-electron chi connectivity index (χ3n) is 3.33. The number of hydrogen-bond acceptors (Lipinski definition) is 6. The molecule has 0 bridgehead atoms. The summed E-state index contributed by atoms with van der Waals surface area (Å²) < 4.78 is 10.9. The average Bonchev–Trinajstić information content (AvgIpc) is 2.56. The van der Waals surface area contributed by atoms with Crippen LogP contribution in [0, 0.1) is 11.3 Å². The minimum absolute atomic E-state index is 0.291. The molecular weight excluding hydrogens is 312 g/mol. The standard InChI is InChI=1S/C16H20N4O4/c1-9-12(19-15(22)24-16(2,3)4)14(21)20(5)13-11(23-9)6-10(7-17)8-18-13/h6,8-9,12H,1-5H3,(H,19,22)/t9-,12+/m1/s1. The Morgan fingerprint density at radius 2 is 2.17 bits per heavy atom. The highest BCUT2D eigenvalue weighted by Gasteiger charge is 2.37. The fourth-order valence-corrected chi connectivity index (χ4v) is 2.23. The summed E-state index contributed by atoms with van der Waals surface area (Å²) in [5, 5.41) is 11.5. The Balaban J connectivity index is 2.27. The van der Waals surface area contributed by atoms with Crippen molar-refractivity contribution in [2.24, 2.45) is 0 Å². The van der Waals surface area contributed by atoms with Crippen molar-refractivity contribution in [2.45, 2.75) is 45.4 Å². The maximum absolute atomic E-state index is 12.6. The van der Waals surface area contributed by atoms with Gasteiger partial charge in [0.1, 0.15) is 23.8 Å². The van der Waals surface area contributed by atoms with Crippen LogP contribution in [0.2, 0.25) is 0 Å². The molecule has 0 unspecified atom stereocenters. The summed E-state index contributed by atoms with van der Waals surface area (Å²) in [5.41, 5.74) is -0.361. The summed E-state index contributed by atoms with van der Waals surface area (Å²) in [7, 11) is 1.53. The molecule has 0 radical (unpaired) electrons. The summed E-state index contributed by atoms with van der Waals surface area (Å²) in [6.07, 6.45) is -0.0103. The van der Waals surface area contributed by atoms with E-state index in [-0.39, 0.29) is 5.91 Å². The minimum atomic E-state index is -0.940. The zero-order chi connectivity index (χ0) is 18.1. The number of anilines is 1. The van der Waals surface area contributed by atoms with Crippen molar-refractivity contribution in [3.8, 4) is 11.8 Å². The Morgan fingerprint density at radius 1 is 1.50 bits per heavy atom. The molecule has 24 heavy (non-hydrogen) atoms. The number of hydrogen-bond donors (Lipinski definition) is 1.